The quantitative estimate of drug-likeness (QED) is 0.724. The van der Waals surface area contributed by atoms with Gasteiger partial charge >= 0.3 is 0 Å². The molecule has 1 amide bonds. The van der Waals surface area contributed by atoms with Crippen LogP contribution in [0.5, 0.6) is 0 Å². The number of allylic oxidation sites excluding steroid dienone is 2. The smallest absolute Gasteiger partial charge is 0.252 e. The maximum absolute atomic E-state index is 12.3. The van der Waals surface area contributed by atoms with Crippen LogP contribution < -0.4 is 5.32 Å². The van der Waals surface area contributed by atoms with Crippen LogP contribution in [0.15, 0.2) is 51.9 Å². The van der Waals surface area contributed by atoms with Gasteiger partial charge in [0.05, 0.1) is 6.04 Å². The Morgan fingerprint density at radius 3 is 2.59 bits per heavy atom. The third-order valence-corrected chi connectivity index (χ3v) is 5.32. The summed E-state index contributed by atoms with van der Waals surface area (Å²) in [5.74, 6) is 0.906. The molecule has 1 aromatic rings. The van der Waals surface area contributed by atoms with Gasteiger partial charge in [-0.2, -0.15) is 0 Å². The molecule has 1 N–H and O–H groups in total. The van der Waals surface area contributed by atoms with Crippen molar-refractivity contribution in [3.05, 3.63) is 57.4 Å². The largest absolute Gasteiger partial charge is 0.341 e. The minimum absolute atomic E-state index is 0.0169. The minimum Gasteiger partial charge on any atom is -0.341 e. The van der Waals surface area contributed by atoms with Crippen LogP contribution in [0.25, 0.3) is 0 Å². The van der Waals surface area contributed by atoms with Gasteiger partial charge in [-0.25, -0.2) is 0 Å². The summed E-state index contributed by atoms with van der Waals surface area (Å²) in [5.41, 5.74) is 0.677. The predicted molar refractivity (Wildman–Crippen MR) is 98.0 cm³/mol. The molecule has 0 radical (unpaired) electrons. The maximum atomic E-state index is 12.3. The number of hydrogen-bond acceptors (Lipinski definition) is 3. The lowest BCUT2D eigenvalue weighted by molar-refractivity contribution is 0.0950. The highest BCUT2D eigenvalue weighted by Gasteiger charge is 2.19. The number of hydrogen-bond donors (Lipinski definition) is 1. The zero-order valence-corrected chi connectivity index (χ0v) is 15.3. The van der Waals surface area contributed by atoms with E-state index in [1.807, 2.05) is 36.4 Å². The molecule has 0 saturated carbocycles. The molecule has 1 aromatic carbocycles. The second kappa shape index (κ2) is 8.56. The molecule has 0 heterocycles. The highest BCUT2D eigenvalue weighted by Crippen LogP contribution is 2.26. The molecule has 2 rings (SSSR count). The Morgan fingerprint density at radius 2 is 1.95 bits per heavy atom. The standard InChI is InChI=1S/C17H21BrN2OS/c1-3-20(4-2)12-22-16-7-5-6-15(16)19-17(21)13-8-10-14(18)11-9-13/h5-11,15H,3-4,12H2,1-2H3,(H,19,21). The van der Waals surface area contributed by atoms with Gasteiger partial charge in [-0.3, -0.25) is 9.69 Å². The molecule has 1 atom stereocenters. The molecule has 3 nitrogen and oxygen atoms in total. The molecule has 0 fully saturated rings. The first-order valence-corrected chi connectivity index (χ1v) is 9.21. The van der Waals surface area contributed by atoms with Crippen LogP contribution in [-0.2, 0) is 0 Å². The van der Waals surface area contributed by atoms with Gasteiger partial charge < -0.3 is 5.32 Å². The Balaban J connectivity index is 1.91. The van der Waals surface area contributed by atoms with Crippen LogP contribution in [-0.4, -0.2) is 35.8 Å². The van der Waals surface area contributed by atoms with Crippen molar-refractivity contribution in [2.45, 2.75) is 19.9 Å². The highest BCUT2D eigenvalue weighted by molar-refractivity contribution is 9.10. The second-order valence-electron chi connectivity index (χ2n) is 4.99. The molecule has 0 aliphatic heterocycles. The predicted octanol–water partition coefficient (Wildman–Crippen LogP) is 4.03. The lowest BCUT2D eigenvalue weighted by Gasteiger charge is -2.20. The SMILES string of the molecule is CCN(CC)CSC1=CC=CC1NC(=O)c1ccc(Br)cc1. The summed E-state index contributed by atoms with van der Waals surface area (Å²) in [6.45, 7) is 6.41. The third-order valence-electron chi connectivity index (χ3n) is 3.57. The van der Waals surface area contributed by atoms with Crippen LogP contribution in [0.4, 0.5) is 0 Å². The Labute approximate surface area is 145 Å². The molecule has 1 aliphatic rings. The fraction of sp³-hybridized carbons (Fsp3) is 0.353. The molecule has 118 valence electrons. The summed E-state index contributed by atoms with van der Waals surface area (Å²) in [7, 11) is 0. The van der Waals surface area contributed by atoms with Crippen LogP contribution >= 0.6 is 27.7 Å². The molecule has 0 spiro atoms. The zero-order valence-electron chi connectivity index (χ0n) is 12.9. The third kappa shape index (κ3) is 4.73. The van der Waals surface area contributed by atoms with Crippen LogP contribution in [0.2, 0.25) is 0 Å². The molecule has 1 unspecified atom stereocenters. The fourth-order valence-corrected chi connectivity index (χ4v) is 3.57. The van der Waals surface area contributed by atoms with E-state index in [2.05, 4.69) is 46.1 Å². The van der Waals surface area contributed by atoms with Crippen LogP contribution in [0.1, 0.15) is 24.2 Å². The van der Waals surface area contributed by atoms with Gasteiger partial charge in [0.1, 0.15) is 0 Å². The van der Waals surface area contributed by atoms with Gasteiger partial charge in [0, 0.05) is 20.8 Å². The van der Waals surface area contributed by atoms with E-state index in [1.165, 1.54) is 4.91 Å². The van der Waals surface area contributed by atoms with Crippen molar-refractivity contribution in [2.24, 2.45) is 0 Å². The minimum atomic E-state index is -0.0432. The number of halogens is 1. The number of thioether (sulfide) groups is 1. The monoisotopic (exact) mass is 380 g/mol. The molecule has 0 saturated heterocycles. The highest BCUT2D eigenvalue weighted by atomic mass is 79.9. The summed E-state index contributed by atoms with van der Waals surface area (Å²) < 4.78 is 0.972. The average molecular weight is 381 g/mol. The number of benzene rings is 1. The molecule has 0 bridgehead atoms. The van der Waals surface area contributed by atoms with Gasteiger partial charge in [-0.1, -0.05) is 48.0 Å². The Kier molecular flexibility index (Phi) is 6.73. The molecule has 5 heteroatoms. The topological polar surface area (TPSA) is 32.3 Å². The zero-order chi connectivity index (χ0) is 15.9. The lowest BCUT2D eigenvalue weighted by atomic mass is 10.2. The normalized spacial score (nSPS) is 16.9. The van der Waals surface area contributed by atoms with Gasteiger partial charge in [0.15, 0.2) is 0 Å². The molecular formula is C17H21BrN2OS. The summed E-state index contributed by atoms with van der Waals surface area (Å²) in [6.07, 6.45) is 6.12. The van der Waals surface area contributed by atoms with Crippen LogP contribution in [0, 0.1) is 0 Å². The number of carbonyl (C=O) groups is 1. The van der Waals surface area contributed by atoms with E-state index in [0.717, 1.165) is 23.4 Å². The Bertz CT molecular complexity index is 565. The molecular weight excluding hydrogens is 360 g/mol. The average Bonchev–Trinajstić information content (AvgIpc) is 2.96. The van der Waals surface area contributed by atoms with Gasteiger partial charge in [0.25, 0.3) is 5.91 Å². The second-order valence-corrected chi connectivity index (χ2v) is 6.92. The Hall–Kier alpha value is -1.04. The van der Waals surface area contributed by atoms with Crippen molar-refractivity contribution in [3.63, 3.8) is 0 Å². The van der Waals surface area contributed by atoms with E-state index >= 15 is 0 Å². The summed E-state index contributed by atoms with van der Waals surface area (Å²) in [4.78, 5) is 15.9. The van der Waals surface area contributed by atoms with Crippen molar-refractivity contribution in [1.29, 1.82) is 0 Å². The first-order valence-electron chi connectivity index (χ1n) is 7.44. The summed E-state index contributed by atoms with van der Waals surface area (Å²) in [6, 6.07) is 7.39. The fourth-order valence-electron chi connectivity index (χ4n) is 2.11. The van der Waals surface area contributed by atoms with E-state index in [9.17, 15) is 4.79 Å². The van der Waals surface area contributed by atoms with Crippen molar-refractivity contribution < 1.29 is 4.79 Å². The van der Waals surface area contributed by atoms with Crippen LogP contribution in [0.3, 0.4) is 0 Å². The first-order chi connectivity index (χ1) is 10.6. The molecule has 22 heavy (non-hydrogen) atoms. The van der Waals surface area contributed by atoms with E-state index < -0.39 is 0 Å². The summed E-state index contributed by atoms with van der Waals surface area (Å²) in [5, 5.41) is 3.08. The van der Waals surface area contributed by atoms with E-state index in [0.29, 0.717) is 5.56 Å². The van der Waals surface area contributed by atoms with Crippen molar-refractivity contribution >= 4 is 33.6 Å². The summed E-state index contributed by atoms with van der Waals surface area (Å²) >= 11 is 5.17. The van der Waals surface area contributed by atoms with Crippen molar-refractivity contribution in [3.8, 4) is 0 Å². The van der Waals surface area contributed by atoms with E-state index in [1.54, 1.807) is 11.8 Å². The van der Waals surface area contributed by atoms with Crippen molar-refractivity contribution in [1.82, 2.24) is 10.2 Å². The van der Waals surface area contributed by atoms with Crippen molar-refractivity contribution in [2.75, 3.05) is 19.0 Å². The lowest BCUT2D eigenvalue weighted by Crippen LogP contribution is -2.33. The molecule has 1 aliphatic carbocycles. The molecule has 0 aromatic heterocycles. The number of amides is 1. The van der Waals surface area contributed by atoms with Gasteiger partial charge in [-0.05, 0) is 37.4 Å². The maximum Gasteiger partial charge on any atom is 0.252 e. The number of nitrogens with zero attached hydrogens (tertiary/aromatic N) is 1. The van der Waals surface area contributed by atoms with Gasteiger partial charge in [-0.15, -0.1) is 11.8 Å². The van der Waals surface area contributed by atoms with E-state index in [-0.39, 0.29) is 11.9 Å². The number of rotatable bonds is 7. The van der Waals surface area contributed by atoms with Gasteiger partial charge in [0.2, 0.25) is 0 Å². The Morgan fingerprint density at radius 1 is 1.27 bits per heavy atom. The first kappa shape index (κ1) is 17.3. The van der Waals surface area contributed by atoms with E-state index in [4.69, 9.17) is 0 Å². The number of carbonyl (C=O) groups excluding carboxylic acids is 1. The number of nitrogens with one attached hydrogen (secondary N) is 1.